The van der Waals surface area contributed by atoms with Gasteiger partial charge in [0.2, 0.25) is 0 Å². The van der Waals surface area contributed by atoms with E-state index < -0.39 is 0 Å². The lowest BCUT2D eigenvalue weighted by molar-refractivity contribution is 0.0951. The molecule has 1 amide bonds. The molecule has 0 spiro atoms. The van der Waals surface area contributed by atoms with Gasteiger partial charge >= 0.3 is 0 Å². The highest BCUT2D eigenvalue weighted by atomic mass is 32.2. The number of benzene rings is 2. The van der Waals surface area contributed by atoms with Crippen LogP contribution in [0.5, 0.6) is 0 Å². The van der Waals surface area contributed by atoms with E-state index in [1.165, 1.54) is 0 Å². The van der Waals surface area contributed by atoms with Crippen LogP contribution in [-0.2, 0) is 6.54 Å². The number of carbonyl (C=O) groups excluding carboxylic acids is 1. The lowest BCUT2D eigenvalue weighted by atomic mass is 10.1. The molecule has 3 nitrogen and oxygen atoms in total. The third kappa shape index (κ3) is 3.62. The minimum Gasteiger partial charge on any atom is -0.348 e. The second-order valence-corrected chi connectivity index (χ2v) is 5.10. The van der Waals surface area contributed by atoms with Gasteiger partial charge in [0.1, 0.15) is 0 Å². The van der Waals surface area contributed by atoms with Crippen molar-refractivity contribution >= 4 is 17.7 Å². The molecule has 0 unspecified atom stereocenters. The minimum absolute atomic E-state index is 0.0954. The van der Waals surface area contributed by atoms with E-state index in [1.807, 2.05) is 42.7 Å². The van der Waals surface area contributed by atoms with E-state index in [1.54, 1.807) is 23.9 Å². The molecule has 0 saturated carbocycles. The van der Waals surface area contributed by atoms with Crippen LogP contribution in [0, 0.1) is 11.3 Å². The number of nitrogens with one attached hydrogen (secondary N) is 1. The van der Waals surface area contributed by atoms with Gasteiger partial charge in [0, 0.05) is 17.0 Å². The molecule has 100 valence electrons. The van der Waals surface area contributed by atoms with Gasteiger partial charge in [-0.15, -0.1) is 11.8 Å². The van der Waals surface area contributed by atoms with Crippen LogP contribution in [0.4, 0.5) is 0 Å². The SMILES string of the molecule is CSc1ccc(C(=O)NCc2ccc(C#N)cc2)cc1. The molecule has 0 bridgehead atoms. The second-order valence-electron chi connectivity index (χ2n) is 4.22. The van der Waals surface area contributed by atoms with Gasteiger partial charge < -0.3 is 5.32 Å². The average Bonchev–Trinajstić information content (AvgIpc) is 2.53. The molecule has 20 heavy (non-hydrogen) atoms. The molecule has 0 radical (unpaired) electrons. The zero-order chi connectivity index (χ0) is 14.4. The van der Waals surface area contributed by atoms with Gasteiger partial charge in [-0.05, 0) is 48.2 Å². The zero-order valence-electron chi connectivity index (χ0n) is 11.1. The predicted octanol–water partition coefficient (Wildman–Crippen LogP) is 3.21. The summed E-state index contributed by atoms with van der Waals surface area (Å²) in [6.07, 6.45) is 2.00. The topological polar surface area (TPSA) is 52.9 Å². The Morgan fingerprint density at radius 3 is 2.35 bits per heavy atom. The summed E-state index contributed by atoms with van der Waals surface area (Å²) in [5, 5.41) is 11.6. The van der Waals surface area contributed by atoms with Crippen LogP contribution < -0.4 is 5.32 Å². The van der Waals surface area contributed by atoms with Gasteiger partial charge in [-0.2, -0.15) is 5.26 Å². The number of nitriles is 1. The van der Waals surface area contributed by atoms with Crippen molar-refractivity contribution in [2.45, 2.75) is 11.4 Å². The monoisotopic (exact) mass is 282 g/mol. The molecule has 0 heterocycles. The summed E-state index contributed by atoms with van der Waals surface area (Å²) in [6, 6.07) is 16.7. The molecule has 0 saturated heterocycles. The van der Waals surface area contributed by atoms with Crippen molar-refractivity contribution in [3.8, 4) is 6.07 Å². The predicted molar refractivity (Wildman–Crippen MR) is 80.6 cm³/mol. The quantitative estimate of drug-likeness (QED) is 0.876. The van der Waals surface area contributed by atoms with Crippen molar-refractivity contribution in [1.82, 2.24) is 5.32 Å². The van der Waals surface area contributed by atoms with Gasteiger partial charge in [-0.1, -0.05) is 12.1 Å². The van der Waals surface area contributed by atoms with Crippen molar-refractivity contribution in [3.63, 3.8) is 0 Å². The number of carbonyl (C=O) groups is 1. The molecule has 2 aromatic carbocycles. The maximum atomic E-state index is 12.0. The molecule has 0 atom stereocenters. The Bertz CT molecular complexity index is 627. The fraction of sp³-hybridized carbons (Fsp3) is 0.125. The van der Waals surface area contributed by atoms with Gasteiger partial charge in [0.05, 0.1) is 11.6 Å². The fourth-order valence-corrected chi connectivity index (χ4v) is 2.13. The standard InChI is InChI=1S/C16H14N2OS/c1-20-15-8-6-14(7-9-15)16(19)18-11-13-4-2-12(10-17)3-5-13/h2-9H,11H2,1H3,(H,18,19). The van der Waals surface area contributed by atoms with E-state index in [0.717, 1.165) is 10.5 Å². The van der Waals surface area contributed by atoms with Crippen LogP contribution >= 0.6 is 11.8 Å². The normalized spacial score (nSPS) is 9.80. The highest BCUT2D eigenvalue weighted by molar-refractivity contribution is 7.98. The number of amides is 1. The molecule has 4 heteroatoms. The van der Waals surface area contributed by atoms with Crippen LogP contribution in [0.15, 0.2) is 53.4 Å². The van der Waals surface area contributed by atoms with Gasteiger partial charge in [0.25, 0.3) is 5.91 Å². The van der Waals surface area contributed by atoms with E-state index >= 15 is 0 Å². The van der Waals surface area contributed by atoms with E-state index in [0.29, 0.717) is 17.7 Å². The molecule has 0 aromatic heterocycles. The Hall–Kier alpha value is -2.25. The molecule has 0 aliphatic heterocycles. The Labute approximate surface area is 122 Å². The molecule has 2 rings (SSSR count). The Morgan fingerprint density at radius 2 is 1.80 bits per heavy atom. The van der Waals surface area contributed by atoms with Gasteiger partial charge in [-0.3, -0.25) is 4.79 Å². The molecular formula is C16H14N2OS. The number of hydrogen-bond donors (Lipinski definition) is 1. The summed E-state index contributed by atoms with van der Waals surface area (Å²) in [5.41, 5.74) is 2.24. The summed E-state index contributed by atoms with van der Waals surface area (Å²) in [5.74, 6) is -0.0954. The third-order valence-electron chi connectivity index (χ3n) is 2.89. The summed E-state index contributed by atoms with van der Waals surface area (Å²) in [7, 11) is 0. The van der Waals surface area contributed by atoms with Gasteiger partial charge in [0.15, 0.2) is 0 Å². The van der Waals surface area contributed by atoms with E-state index in [9.17, 15) is 4.79 Å². The first kappa shape index (κ1) is 14.2. The second kappa shape index (κ2) is 6.78. The summed E-state index contributed by atoms with van der Waals surface area (Å²) in [4.78, 5) is 13.1. The van der Waals surface area contributed by atoms with Crippen molar-refractivity contribution in [3.05, 3.63) is 65.2 Å². The first-order valence-corrected chi connectivity index (χ1v) is 7.36. The zero-order valence-corrected chi connectivity index (χ0v) is 11.9. The van der Waals surface area contributed by atoms with Crippen LogP contribution in [0.3, 0.4) is 0 Å². The number of rotatable bonds is 4. The van der Waals surface area contributed by atoms with Crippen molar-refractivity contribution < 1.29 is 4.79 Å². The Morgan fingerprint density at radius 1 is 1.15 bits per heavy atom. The van der Waals surface area contributed by atoms with E-state index in [2.05, 4.69) is 11.4 Å². The Kier molecular flexibility index (Phi) is 4.80. The number of nitrogens with zero attached hydrogens (tertiary/aromatic N) is 1. The maximum Gasteiger partial charge on any atom is 0.251 e. The number of hydrogen-bond acceptors (Lipinski definition) is 3. The molecule has 2 aromatic rings. The van der Waals surface area contributed by atoms with Crippen LogP contribution in [0.25, 0.3) is 0 Å². The minimum atomic E-state index is -0.0954. The van der Waals surface area contributed by atoms with Crippen LogP contribution in [-0.4, -0.2) is 12.2 Å². The molecule has 0 aliphatic rings. The highest BCUT2D eigenvalue weighted by Crippen LogP contribution is 2.14. The first-order chi connectivity index (χ1) is 9.72. The fourth-order valence-electron chi connectivity index (χ4n) is 1.72. The van der Waals surface area contributed by atoms with Crippen LogP contribution in [0.2, 0.25) is 0 Å². The molecular weight excluding hydrogens is 268 g/mol. The summed E-state index contributed by atoms with van der Waals surface area (Å²) >= 11 is 1.64. The van der Waals surface area contributed by atoms with E-state index in [-0.39, 0.29) is 5.91 Å². The number of thioether (sulfide) groups is 1. The highest BCUT2D eigenvalue weighted by Gasteiger charge is 2.05. The Balaban J connectivity index is 1.95. The first-order valence-electron chi connectivity index (χ1n) is 6.14. The van der Waals surface area contributed by atoms with Crippen molar-refractivity contribution in [1.29, 1.82) is 5.26 Å². The lowest BCUT2D eigenvalue weighted by Crippen LogP contribution is -2.22. The van der Waals surface area contributed by atoms with E-state index in [4.69, 9.17) is 5.26 Å². The van der Waals surface area contributed by atoms with Crippen molar-refractivity contribution in [2.75, 3.05) is 6.26 Å². The van der Waals surface area contributed by atoms with Gasteiger partial charge in [-0.25, -0.2) is 0 Å². The lowest BCUT2D eigenvalue weighted by Gasteiger charge is -2.06. The molecule has 1 N–H and O–H groups in total. The summed E-state index contributed by atoms with van der Waals surface area (Å²) < 4.78 is 0. The maximum absolute atomic E-state index is 12.0. The summed E-state index contributed by atoms with van der Waals surface area (Å²) in [6.45, 7) is 0.453. The third-order valence-corrected chi connectivity index (χ3v) is 3.63. The smallest absolute Gasteiger partial charge is 0.251 e. The average molecular weight is 282 g/mol. The molecule has 0 aliphatic carbocycles. The molecule has 0 fully saturated rings. The largest absolute Gasteiger partial charge is 0.348 e. The van der Waals surface area contributed by atoms with Crippen LogP contribution in [0.1, 0.15) is 21.5 Å². The van der Waals surface area contributed by atoms with Crippen molar-refractivity contribution in [2.24, 2.45) is 0 Å².